The van der Waals surface area contributed by atoms with Gasteiger partial charge in [0.2, 0.25) is 5.91 Å². The Balaban J connectivity index is 2.91. The number of rotatable bonds is 5. The topological polar surface area (TPSA) is 43.8 Å². The Morgan fingerprint density at radius 3 is 2.44 bits per heavy atom. The van der Waals surface area contributed by atoms with Crippen LogP contribution in [0.25, 0.3) is 0 Å². The highest BCUT2D eigenvalue weighted by molar-refractivity contribution is 5.81. The minimum absolute atomic E-state index is 0.0401. The third-order valence-corrected chi connectivity index (χ3v) is 2.96. The molecule has 4 nitrogen and oxygen atoms in total. The van der Waals surface area contributed by atoms with Crippen LogP contribution in [-0.2, 0) is 4.79 Å². The molecule has 100 valence electrons. The monoisotopic (exact) mass is 250 g/mol. The molecule has 1 atom stereocenters. The second-order valence-corrected chi connectivity index (χ2v) is 4.63. The van der Waals surface area contributed by atoms with Crippen molar-refractivity contribution < 1.29 is 9.90 Å². The number of hydrogen-bond acceptors (Lipinski definition) is 3. The lowest BCUT2D eigenvalue weighted by atomic mass is 10.0. The third kappa shape index (κ3) is 3.47. The summed E-state index contributed by atoms with van der Waals surface area (Å²) in [5.74, 6) is 0.0401. The van der Waals surface area contributed by atoms with Crippen molar-refractivity contribution in [3.8, 4) is 0 Å². The van der Waals surface area contributed by atoms with Crippen molar-refractivity contribution in [2.75, 3.05) is 32.6 Å². The first-order valence-electron chi connectivity index (χ1n) is 6.15. The van der Waals surface area contributed by atoms with E-state index in [9.17, 15) is 9.90 Å². The van der Waals surface area contributed by atoms with E-state index in [4.69, 9.17) is 0 Å². The summed E-state index contributed by atoms with van der Waals surface area (Å²) in [6.07, 6.45) is 0.171. The molecule has 0 aliphatic carbocycles. The molecule has 1 N–H and O–H groups in total. The van der Waals surface area contributed by atoms with E-state index in [1.165, 1.54) is 0 Å². The molecule has 0 spiro atoms. The molecular weight excluding hydrogens is 228 g/mol. The summed E-state index contributed by atoms with van der Waals surface area (Å²) in [6, 6.07) is 7.65. The van der Waals surface area contributed by atoms with Crippen LogP contribution in [0.4, 0.5) is 5.69 Å². The van der Waals surface area contributed by atoms with Gasteiger partial charge < -0.3 is 14.9 Å². The zero-order valence-electron chi connectivity index (χ0n) is 11.6. The average molecular weight is 250 g/mol. The van der Waals surface area contributed by atoms with Crippen LogP contribution >= 0.6 is 0 Å². The van der Waals surface area contributed by atoms with E-state index in [-0.39, 0.29) is 5.91 Å². The molecule has 0 saturated heterocycles. The summed E-state index contributed by atoms with van der Waals surface area (Å²) in [6.45, 7) is 2.24. The largest absolute Gasteiger partial charge is 0.388 e. The Labute approximate surface area is 109 Å². The Hall–Kier alpha value is -1.55. The number of para-hydroxylation sites is 1. The number of benzene rings is 1. The molecule has 0 radical (unpaired) electrons. The molecule has 1 aromatic rings. The normalized spacial score (nSPS) is 12.1. The van der Waals surface area contributed by atoms with E-state index in [2.05, 4.69) is 0 Å². The Morgan fingerprint density at radius 2 is 1.89 bits per heavy atom. The molecule has 0 heterocycles. The number of nitrogens with zero attached hydrogens (tertiary/aromatic N) is 2. The highest BCUT2D eigenvalue weighted by atomic mass is 16.3. The Bertz CT molecular complexity index is 405. The summed E-state index contributed by atoms with van der Waals surface area (Å²) < 4.78 is 0. The molecule has 0 bridgehead atoms. The van der Waals surface area contributed by atoms with Gasteiger partial charge in [0.1, 0.15) is 0 Å². The molecule has 0 aliphatic heterocycles. The SMILES string of the molecule is CC[C@H](O)c1ccccc1N(C)CC(=O)N(C)C. The Kier molecular flexibility index (Phi) is 5.16. The number of carbonyl (C=O) groups excluding carboxylic acids is 1. The van der Waals surface area contributed by atoms with Crippen LogP contribution in [0.2, 0.25) is 0 Å². The lowest BCUT2D eigenvalue weighted by molar-refractivity contribution is -0.127. The van der Waals surface area contributed by atoms with Crippen LogP contribution in [0, 0.1) is 0 Å². The second-order valence-electron chi connectivity index (χ2n) is 4.63. The highest BCUT2D eigenvalue weighted by Gasteiger charge is 2.15. The third-order valence-electron chi connectivity index (χ3n) is 2.96. The van der Waals surface area contributed by atoms with E-state index in [1.807, 2.05) is 43.1 Å². The fourth-order valence-electron chi connectivity index (χ4n) is 1.77. The fourth-order valence-corrected chi connectivity index (χ4v) is 1.77. The minimum Gasteiger partial charge on any atom is -0.388 e. The van der Waals surface area contributed by atoms with E-state index < -0.39 is 6.10 Å². The van der Waals surface area contributed by atoms with Gasteiger partial charge in [0, 0.05) is 32.4 Å². The second kappa shape index (κ2) is 6.40. The first-order chi connectivity index (χ1) is 8.47. The molecule has 0 aliphatic rings. The van der Waals surface area contributed by atoms with Gasteiger partial charge in [-0.05, 0) is 12.5 Å². The van der Waals surface area contributed by atoms with Crippen molar-refractivity contribution in [1.82, 2.24) is 4.90 Å². The maximum absolute atomic E-state index is 11.7. The van der Waals surface area contributed by atoms with E-state index >= 15 is 0 Å². The first kappa shape index (κ1) is 14.5. The lowest BCUT2D eigenvalue weighted by Gasteiger charge is -2.25. The molecule has 0 aromatic heterocycles. The quantitative estimate of drug-likeness (QED) is 0.864. The van der Waals surface area contributed by atoms with Gasteiger partial charge in [-0.3, -0.25) is 4.79 Å². The van der Waals surface area contributed by atoms with Crippen molar-refractivity contribution in [2.45, 2.75) is 19.4 Å². The number of anilines is 1. The highest BCUT2D eigenvalue weighted by Crippen LogP contribution is 2.27. The smallest absolute Gasteiger partial charge is 0.241 e. The number of aliphatic hydroxyl groups is 1. The molecule has 4 heteroatoms. The van der Waals surface area contributed by atoms with Crippen LogP contribution < -0.4 is 4.90 Å². The van der Waals surface area contributed by atoms with Gasteiger partial charge in [0.05, 0.1) is 12.6 Å². The van der Waals surface area contributed by atoms with Crippen LogP contribution in [0.5, 0.6) is 0 Å². The van der Waals surface area contributed by atoms with Gasteiger partial charge in [-0.25, -0.2) is 0 Å². The molecule has 0 saturated carbocycles. The molecule has 1 rings (SSSR count). The van der Waals surface area contributed by atoms with Crippen molar-refractivity contribution in [3.63, 3.8) is 0 Å². The van der Waals surface area contributed by atoms with Gasteiger partial charge in [-0.2, -0.15) is 0 Å². The van der Waals surface area contributed by atoms with Gasteiger partial charge in [0.15, 0.2) is 0 Å². The maximum atomic E-state index is 11.7. The summed E-state index contributed by atoms with van der Waals surface area (Å²) >= 11 is 0. The predicted octanol–water partition coefficient (Wildman–Crippen LogP) is 1.65. The number of likely N-dealkylation sites (N-methyl/N-ethyl adjacent to an activating group) is 2. The zero-order chi connectivity index (χ0) is 13.7. The molecule has 0 fully saturated rings. The fraction of sp³-hybridized carbons (Fsp3) is 0.500. The van der Waals surface area contributed by atoms with Crippen LogP contribution in [0.15, 0.2) is 24.3 Å². The van der Waals surface area contributed by atoms with Gasteiger partial charge in [-0.1, -0.05) is 25.1 Å². The molecule has 1 aromatic carbocycles. The maximum Gasteiger partial charge on any atom is 0.241 e. The van der Waals surface area contributed by atoms with Crippen molar-refractivity contribution in [2.24, 2.45) is 0 Å². The van der Waals surface area contributed by atoms with Crippen LogP contribution in [0.3, 0.4) is 0 Å². The van der Waals surface area contributed by atoms with Gasteiger partial charge >= 0.3 is 0 Å². The van der Waals surface area contributed by atoms with E-state index in [1.54, 1.807) is 19.0 Å². The summed E-state index contributed by atoms with van der Waals surface area (Å²) in [5.41, 5.74) is 1.77. The minimum atomic E-state index is -0.488. The first-order valence-corrected chi connectivity index (χ1v) is 6.15. The van der Waals surface area contributed by atoms with Crippen molar-refractivity contribution in [3.05, 3.63) is 29.8 Å². The molecule has 0 unspecified atom stereocenters. The van der Waals surface area contributed by atoms with Crippen LogP contribution in [-0.4, -0.2) is 43.6 Å². The zero-order valence-corrected chi connectivity index (χ0v) is 11.6. The standard InChI is InChI=1S/C14H22N2O2/c1-5-13(17)11-8-6-7-9-12(11)16(4)10-14(18)15(2)3/h6-9,13,17H,5,10H2,1-4H3/t13-/m0/s1. The van der Waals surface area contributed by atoms with Gasteiger partial charge in [-0.15, -0.1) is 0 Å². The average Bonchev–Trinajstić information content (AvgIpc) is 2.37. The van der Waals surface area contributed by atoms with Crippen molar-refractivity contribution >= 4 is 11.6 Å². The number of hydrogen-bond donors (Lipinski definition) is 1. The predicted molar refractivity (Wildman–Crippen MR) is 73.7 cm³/mol. The Morgan fingerprint density at radius 1 is 1.28 bits per heavy atom. The lowest BCUT2D eigenvalue weighted by Crippen LogP contribution is -2.34. The van der Waals surface area contributed by atoms with Gasteiger partial charge in [0.25, 0.3) is 0 Å². The van der Waals surface area contributed by atoms with Crippen LogP contribution in [0.1, 0.15) is 25.0 Å². The molecular formula is C14H22N2O2. The molecule has 1 amide bonds. The van der Waals surface area contributed by atoms with E-state index in [0.717, 1.165) is 11.3 Å². The summed E-state index contributed by atoms with van der Waals surface area (Å²) in [7, 11) is 5.34. The molecule has 18 heavy (non-hydrogen) atoms. The number of amides is 1. The van der Waals surface area contributed by atoms with E-state index in [0.29, 0.717) is 13.0 Å². The summed E-state index contributed by atoms with van der Waals surface area (Å²) in [5, 5.41) is 9.98. The number of aliphatic hydroxyl groups excluding tert-OH is 1. The summed E-state index contributed by atoms with van der Waals surface area (Å²) in [4.78, 5) is 15.1. The van der Waals surface area contributed by atoms with Crippen molar-refractivity contribution in [1.29, 1.82) is 0 Å². The number of carbonyl (C=O) groups is 1.